The van der Waals surface area contributed by atoms with Crippen molar-refractivity contribution in [2.45, 2.75) is 81.2 Å². The van der Waals surface area contributed by atoms with Crippen molar-refractivity contribution in [2.24, 2.45) is 17.8 Å². The first-order chi connectivity index (χ1) is 36.7. The molecule has 6 unspecified atom stereocenters. The first kappa shape index (κ1) is 61.7. The fourth-order valence-corrected chi connectivity index (χ4v) is 11.0. The van der Waals surface area contributed by atoms with E-state index in [1.54, 1.807) is 44.2 Å². The van der Waals surface area contributed by atoms with Gasteiger partial charge in [-0.2, -0.15) is 39.5 Å². The molecule has 0 aromatic heterocycles. The molecule has 5 aromatic carbocycles. The summed E-state index contributed by atoms with van der Waals surface area (Å²) in [6.45, 7) is 3.45. The first-order valence-electron chi connectivity index (χ1n) is 23.4. The minimum Gasteiger partial charge on any atom is -0.479 e. The number of alkyl halides is 9. The minimum atomic E-state index is -4.87. The predicted molar refractivity (Wildman–Crippen MR) is 269 cm³/mol. The summed E-state index contributed by atoms with van der Waals surface area (Å²) < 4.78 is 131. The smallest absolute Gasteiger partial charge is 0.416 e. The van der Waals surface area contributed by atoms with Gasteiger partial charge in [-0.1, -0.05) is 90.6 Å². The van der Waals surface area contributed by atoms with E-state index in [1.165, 1.54) is 18.2 Å². The molecular formula is C54H45Cl4F9N2O10. The van der Waals surface area contributed by atoms with Crippen molar-refractivity contribution in [2.75, 3.05) is 14.2 Å². The second-order valence-electron chi connectivity index (χ2n) is 19.0. The van der Waals surface area contributed by atoms with E-state index in [-0.39, 0.29) is 54.7 Å². The number of hydrogen-bond acceptors (Lipinski definition) is 8. The summed E-state index contributed by atoms with van der Waals surface area (Å²) in [5.41, 5.74) is -8.21. The zero-order valence-electron chi connectivity index (χ0n) is 41.6. The number of likely N-dealkylation sites (tertiary alicyclic amines) is 2. The Morgan fingerprint density at radius 1 is 0.544 bits per heavy atom. The summed E-state index contributed by atoms with van der Waals surface area (Å²) >= 11 is 24.7. The van der Waals surface area contributed by atoms with Gasteiger partial charge in [-0.15, -0.1) is 0 Å². The molecule has 422 valence electrons. The first-order valence-corrected chi connectivity index (χ1v) is 24.9. The average molecular weight is 1190 g/mol. The monoisotopic (exact) mass is 1190 g/mol. The molecule has 0 bridgehead atoms. The molecule has 12 nitrogen and oxygen atoms in total. The number of esters is 2. The predicted octanol–water partition coefficient (Wildman–Crippen LogP) is 13.7. The molecule has 2 N–H and O–H groups in total. The quantitative estimate of drug-likeness (QED) is 0.0906. The molecule has 6 atom stereocenters. The molecule has 2 aliphatic heterocycles. The maximum absolute atomic E-state index is 14.1. The number of benzene rings is 5. The number of nitrogens with zero attached hydrogens (tertiary/aromatic N) is 2. The lowest BCUT2D eigenvalue weighted by Gasteiger charge is -2.39. The number of hydrogen-bond donors (Lipinski definition) is 2. The molecule has 0 saturated carbocycles. The average Bonchev–Trinajstić information content (AvgIpc) is 4.17. The van der Waals surface area contributed by atoms with Gasteiger partial charge in [0.25, 0.3) is 11.8 Å². The summed E-state index contributed by atoms with van der Waals surface area (Å²) in [6, 6.07) is 16.3. The number of carboxylic acids is 2. The van der Waals surface area contributed by atoms with Gasteiger partial charge in [0.15, 0.2) is 0 Å². The number of ether oxygens (including phenoxy) is 2. The van der Waals surface area contributed by atoms with Gasteiger partial charge in [0.1, 0.15) is 11.1 Å². The number of halogens is 13. The van der Waals surface area contributed by atoms with Crippen molar-refractivity contribution in [1.82, 2.24) is 9.80 Å². The molecule has 25 heteroatoms. The molecule has 2 heterocycles. The highest BCUT2D eigenvalue weighted by Gasteiger charge is 2.63. The van der Waals surface area contributed by atoms with E-state index >= 15 is 0 Å². The molecule has 2 saturated heterocycles. The zero-order chi connectivity index (χ0) is 58.9. The summed E-state index contributed by atoms with van der Waals surface area (Å²) in [5.74, 6) is -10.0. The normalized spacial score (nSPS) is 21.3. The highest BCUT2D eigenvalue weighted by Crippen LogP contribution is 2.54. The number of amides is 2. The van der Waals surface area contributed by atoms with Crippen LogP contribution in [0.1, 0.15) is 99.3 Å². The van der Waals surface area contributed by atoms with Crippen molar-refractivity contribution in [3.05, 3.63) is 174 Å². The van der Waals surface area contributed by atoms with E-state index in [0.29, 0.717) is 29.8 Å². The van der Waals surface area contributed by atoms with Crippen LogP contribution in [-0.4, -0.2) is 81.0 Å². The number of carbonyl (C=O) groups is 6. The zero-order valence-corrected chi connectivity index (χ0v) is 44.6. The lowest BCUT2D eigenvalue weighted by molar-refractivity contribution is -0.150. The van der Waals surface area contributed by atoms with Crippen molar-refractivity contribution in [3.8, 4) is 0 Å². The minimum absolute atomic E-state index is 0.00895. The maximum atomic E-state index is 14.1. The van der Waals surface area contributed by atoms with Crippen molar-refractivity contribution < 1.29 is 88.0 Å². The third kappa shape index (κ3) is 12.7. The summed E-state index contributed by atoms with van der Waals surface area (Å²) in [7, 11) is 2.06. The molecule has 2 fully saturated rings. The third-order valence-corrected chi connectivity index (χ3v) is 15.0. The van der Waals surface area contributed by atoms with Crippen LogP contribution in [0.5, 0.6) is 0 Å². The van der Waals surface area contributed by atoms with E-state index in [0.717, 1.165) is 60.4 Å². The lowest BCUT2D eigenvalue weighted by atomic mass is 9.83. The van der Waals surface area contributed by atoms with Gasteiger partial charge in [0.2, 0.25) is 0 Å². The molecule has 0 aliphatic carbocycles. The van der Waals surface area contributed by atoms with Crippen LogP contribution in [0.4, 0.5) is 39.5 Å². The van der Waals surface area contributed by atoms with Crippen LogP contribution in [0, 0.1) is 17.8 Å². The van der Waals surface area contributed by atoms with Crippen molar-refractivity contribution in [1.29, 1.82) is 0 Å². The Bertz CT molecular complexity index is 3140. The van der Waals surface area contributed by atoms with Crippen LogP contribution in [0.3, 0.4) is 0 Å². The Kier molecular flexibility index (Phi) is 18.5. The molecule has 2 aliphatic rings. The second kappa shape index (κ2) is 23.7. The van der Waals surface area contributed by atoms with Crippen LogP contribution in [0.15, 0.2) is 109 Å². The molecular weight excluding hydrogens is 1150 g/mol. The fourth-order valence-electron chi connectivity index (χ4n) is 10.2. The van der Waals surface area contributed by atoms with E-state index in [2.05, 4.69) is 0 Å². The van der Waals surface area contributed by atoms with Gasteiger partial charge in [-0.3, -0.25) is 19.2 Å². The second-order valence-corrected chi connectivity index (χ2v) is 20.6. The number of aliphatic carboxylic acids is 2. The Hall–Kier alpha value is -6.55. The van der Waals surface area contributed by atoms with Crippen molar-refractivity contribution in [3.63, 3.8) is 0 Å². The molecule has 7 rings (SSSR count). The number of rotatable bonds is 12. The van der Waals surface area contributed by atoms with E-state index in [9.17, 15) is 78.5 Å². The van der Waals surface area contributed by atoms with Crippen LogP contribution in [-0.2, 0) is 53.6 Å². The molecule has 0 radical (unpaired) electrons. The lowest BCUT2D eigenvalue weighted by Crippen LogP contribution is -2.55. The highest BCUT2D eigenvalue weighted by atomic mass is 35.5. The van der Waals surface area contributed by atoms with Gasteiger partial charge in [0, 0.05) is 27.6 Å². The number of carbonyl (C=O) groups excluding carboxylic acids is 4. The number of methoxy groups -OCH3 is 2. The van der Waals surface area contributed by atoms with Gasteiger partial charge in [-0.05, 0) is 121 Å². The summed E-state index contributed by atoms with van der Waals surface area (Å²) in [4.78, 5) is 81.8. The van der Waals surface area contributed by atoms with Crippen molar-refractivity contribution >= 4 is 82.1 Å². The third-order valence-electron chi connectivity index (χ3n) is 13.6. The Balaban J connectivity index is 0.000000257. The van der Waals surface area contributed by atoms with Gasteiger partial charge >= 0.3 is 42.4 Å². The van der Waals surface area contributed by atoms with Crippen LogP contribution in [0.2, 0.25) is 20.1 Å². The molecule has 79 heavy (non-hydrogen) atoms. The topological polar surface area (TPSA) is 168 Å². The Labute approximate surface area is 464 Å². The van der Waals surface area contributed by atoms with Gasteiger partial charge in [-0.25, -0.2) is 9.59 Å². The summed E-state index contributed by atoms with van der Waals surface area (Å²) in [5, 5.41) is 20.8. The maximum Gasteiger partial charge on any atom is 0.416 e. The number of carboxylic acid groups (broad SMARTS) is 2. The molecule has 0 spiro atoms. The largest absolute Gasteiger partial charge is 0.479 e. The molecule has 5 aromatic rings. The summed E-state index contributed by atoms with van der Waals surface area (Å²) in [6.07, 6.45) is -15.9. The van der Waals surface area contributed by atoms with E-state index in [4.69, 9.17) is 55.9 Å². The van der Waals surface area contributed by atoms with Gasteiger partial charge in [0.05, 0.1) is 64.9 Å². The Morgan fingerprint density at radius 3 is 1.34 bits per heavy atom. The SMILES string of the molecule is COC(=O)C1CC(CC(C)C)(C(=O)O)N(C(=O)c2ccc(Cl)c(Cl)c2)C1c1cc(C(F)(F)F)ccc1Cl.COC(=O)C1CC(Cc2ccccc2)(C(=O)O)N(C(=O)c2ccc(C(F)(F)F)cc2)C1c1cc(C(F)(F)F)ccc1Cl. The standard InChI is InChI=1S/C29H22ClF6NO5.C25H23Cl3F3NO5/c1-42-25(39)21-15-27(26(40)41,14-16-5-3-2-4-6-16)37(24(38)17-7-9-18(10-8-17)28(31,32)33)23(21)20-13-19(29(34,35)36)11-12-22(20)30;1-12(2)10-24(23(35)36)11-16(22(34)37-3)20(15-9-14(25(29,30)31)5-7-17(15)26)32(24)21(33)13-4-6-18(27)19(28)8-13/h2-13,21,23H,14-15H2,1H3,(H,40,41);4-9,12,16,20H,10-11H2,1-3H3,(H,35,36). The van der Waals surface area contributed by atoms with Crippen LogP contribution in [0.25, 0.3) is 0 Å². The van der Waals surface area contributed by atoms with Gasteiger partial charge < -0.3 is 29.5 Å². The van der Waals surface area contributed by atoms with Crippen LogP contribution < -0.4 is 0 Å². The van der Waals surface area contributed by atoms with E-state index < -0.39 is 125 Å². The fraction of sp³-hybridized carbons (Fsp3) is 0.333. The Morgan fingerprint density at radius 2 is 0.937 bits per heavy atom. The molecule has 2 amide bonds. The van der Waals surface area contributed by atoms with E-state index in [1.807, 2.05) is 0 Å². The van der Waals surface area contributed by atoms with Crippen LogP contribution >= 0.6 is 46.4 Å². The highest BCUT2D eigenvalue weighted by molar-refractivity contribution is 6.42.